The molecule has 0 aliphatic carbocycles. The third-order valence-corrected chi connectivity index (χ3v) is 7.35. The lowest BCUT2D eigenvalue weighted by Crippen LogP contribution is -2.46. The molecular weight excluding hydrogens is 558 g/mol. The Morgan fingerprint density at radius 1 is 1.29 bits per heavy atom. The highest BCUT2D eigenvalue weighted by molar-refractivity contribution is 5.96. The Balaban J connectivity index is 1.36. The predicted molar refractivity (Wildman–Crippen MR) is 148 cm³/mol. The van der Waals surface area contributed by atoms with Gasteiger partial charge in [0.15, 0.2) is 0 Å². The molecule has 3 atom stereocenters. The van der Waals surface area contributed by atoms with Crippen molar-refractivity contribution in [2.45, 2.75) is 57.5 Å². The number of ether oxygens (including phenoxy) is 1. The zero-order valence-corrected chi connectivity index (χ0v) is 23.5. The van der Waals surface area contributed by atoms with E-state index in [2.05, 4.69) is 20.8 Å². The number of carbonyl (C=O) groups is 1. The number of piperidine rings is 1. The third-order valence-electron chi connectivity index (χ3n) is 7.35. The normalized spacial score (nSPS) is 18.8. The van der Waals surface area contributed by atoms with Crippen LogP contribution in [-0.4, -0.2) is 81.8 Å². The van der Waals surface area contributed by atoms with Gasteiger partial charge in [-0.25, -0.2) is 4.39 Å². The molecule has 4 aromatic rings. The number of methoxy groups -OCH3 is 1. The van der Waals surface area contributed by atoms with Crippen molar-refractivity contribution in [2.24, 2.45) is 0 Å². The van der Waals surface area contributed by atoms with Gasteiger partial charge < -0.3 is 33.9 Å². The summed E-state index contributed by atoms with van der Waals surface area (Å²) in [6.07, 6.45) is -1.68. The van der Waals surface area contributed by atoms with Gasteiger partial charge >= 0.3 is 6.18 Å². The molecule has 4 heterocycles. The fourth-order valence-corrected chi connectivity index (χ4v) is 5.11. The van der Waals surface area contributed by atoms with Crippen molar-refractivity contribution in [1.82, 2.24) is 29.5 Å². The van der Waals surface area contributed by atoms with E-state index < -0.39 is 24.9 Å². The van der Waals surface area contributed by atoms with E-state index in [-0.39, 0.29) is 42.5 Å². The van der Waals surface area contributed by atoms with Crippen molar-refractivity contribution in [3.05, 3.63) is 54.2 Å². The van der Waals surface area contributed by atoms with Gasteiger partial charge in [0.1, 0.15) is 12.7 Å². The molecule has 3 aromatic heterocycles. The van der Waals surface area contributed by atoms with Gasteiger partial charge in [-0.15, -0.1) is 0 Å². The van der Waals surface area contributed by atoms with Gasteiger partial charge in [-0.1, -0.05) is 11.2 Å². The number of anilines is 1. The molecule has 1 amide bonds. The number of hydrogen-bond acceptors (Lipinski definition) is 7. The second-order valence-electron chi connectivity index (χ2n) is 10.6. The molecule has 0 radical (unpaired) electrons. The number of alkyl halides is 4. The summed E-state index contributed by atoms with van der Waals surface area (Å²) in [5, 5.41) is 10.3. The second kappa shape index (κ2) is 12.1. The minimum Gasteiger partial charge on any atom is -0.380 e. The molecule has 14 heteroatoms. The Hall–Kier alpha value is -3.91. The van der Waals surface area contributed by atoms with Crippen LogP contribution in [0.25, 0.3) is 22.4 Å². The van der Waals surface area contributed by atoms with Gasteiger partial charge in [0.2, 0.25) is 11.7 Å². The number of halogens is 4. The van der Waals surface area contributed by atoms with Gasteiger partial charge in [0, 0.05) is 50.2 Å². The number of aromatic nitrogens is 4. The first kappa shape index (κ1) is 29.6. The number of likely N-dealkylation sites (tertiary alicyclic amines) is 1. The molecular formula is C28H33F4N7O3. The molecule has 1 aromatic carbocycles. The van der Waals surface area contributed by atoms with E-state index >= 15 is 0 Å². The maximum Gasteiger partial charge on any atom is 0.406 e. The van der Waals surface area contributed by atoms with Crippen LogP contribution in [0.4, 0.5) is 23.2 Å². The monoisotopic (exact) mass is 591 g/mol. The average molecular weight is 592 g/mol. The Morgan fingerprint density at radius 3 is 2.83 bits per heavy atom. The average Bonchev–Trinajstić information content (AvgIpc) is 3.68. The molecule has 1 saturated heterocycles. The molecule has 1 fully saturated rings. The fraction of sp³-hybridized carbons (Fsp3) is 0.464. The van der Waals surface area contributed by atoms with Crippen molar-refractivity contribution < 1.29 is 31.6 Å². The van der Waals surface area contributed by atoms with E-state index in [1.807, 2.05) is 23.4 Å². The summed E-state index contributed by atoms with van der Waals surface area (Å²) in [7, 11) is 3.45. The summed E-state index contributed by atoms with van der Waals surface area (Å²) >= 11 is 0. The number of amides is 1. The smallest absolute Gasteiger partial charge is 0.380 e. The Bertz CT molecular complexity index is 1530. The van der Waals surface area contributed by atoms with E-state index in [0.29, 0.717) is 41.7 Å². The maximum atomic E-state index is 14.7. The van der Waals surface area contributed by atoms with E-state index in [9.17, 15) is 22.4 Å². The van der Waals surface area contributed by atoms with Crippen LogP contribution in [0.1, 0.15) is 29.6 Å². The van der Waals surface area contributed by atoms with Crippen molar-refractivity contribution in [1.29, 1.82) is 0 Å². The largest absolute Gasteiger partial charge is 0.406 e. The molecule has 1 aliphatic rings. The molecule has 1 unspecified atom stereocenters. The maximum absolute atomic E-state index is 14.7. The van der Waals surface area contributed by atoms with Gasteiger partial charge in [-0.05, 0) is 44.7 Å². The number of carbonyl (C=O) groups excluding carboxylic acids is 1. The number of rotatable bonds is 10. The molecule has 42 heavy (non-hydrogen) atoms. The number of fused-ring (bicyclic) bond motifs is 1. The summed E-state index contributed by atoms with van der Waals surface area (Å²) in [4.78, 5) is 18.8. The van der Waals surface area contributed by atoms with Crippen molar-refractivity contribution in [2.75, 3.05) is 32.6 Å². The molecule has 1 aliphatic heterocycles. The van der Waals surface area contributed by atoms with Crippen LogP contribution in [0.5, 0.6) is 0 Å². The molecule has 2 N–H and O–H groups in total. The van der Waals surface area contributed by atoms with Crippen LogP contribution < -0.4 is 10.6 Å². The summed E-state index contributed by atoms with van der Waals surface area (Å²) in [6.45, 7) is 2.06. The lowest BCUT2D eigenvalue weighted by atomic mass is 10.0. The summed E-state index contributed by atoms with van der Waals surface area (Å²) in [6, 6.07) is 7.65. The van der Waals surface area contributed by atoms with Crippen LogP contribution in [-0.2, 0) is 24.4 Å². The first-order chi connectivity index (χ1) is 20.0. The zero-order chi connectivity index (χ0) is 30.0. The number of hydrogen-bond donors (Lipinski definition) is 2. The minimum atomic E-state index is -4.53. The van der Waals surface area contributed by atoms with Crippen LogP contribution >= 0.6 is 0 Å². The first-order valence-electron chi connectivity index (χ1n) is 13.6. The number of nitrogens with one attached hydrogen (secondary N) is 2. The fourth-order valence-electron chi connectivity index (χ4n) is 5.11. The van der Waals surface area contributed by atoms with Gasteiger partial charge in [-0.2, -0.15) is 18.2 Å². The van der Waals surface area contributed by atoms with Crippen molar-refractivity contribution >= 4 is 22.5 Å². The highest BCUT2D eigenvalue weighted by Gasteiger charge is 2.32. The lowest BCUT2D eigenvalue weighted by Gasteiger charge is -2.33. The van der Waals surface area contributed by atoms with Crippen LogP contribution in [0, 0.1) is 0 Å². The van der Waals surface area contributed by atoms with Crippen LogP contribution in [0.2, 0.25) is 0 Å². The first-order valence-corrected chi connectivity index (χ1v) is 13.6. The second-order valence-corrected chi connectivity index (χ2v) is 10.6. The quantitative estimate of drug-likeness (QED) is 0.263. The predicted octanol–water partition coefficient (Wildman–Crippen LogP) is 4.47. The SMILES string of the molecule is COC(C)Cn1ccc(C(=O)NCc2nc(-c3cc4c(N[C@@H]5CCN(C)C[C@@H]5F)cccc4n3CC(F)(F)F)no2)c1. The van der Waals surface area contributed by atoms with Crippen molar-refractivity contribution in [3.63, 3.8) is 0 Å². The third kappa shape index (κ3) is 6.76. The molecule has 5 rings (SSSR count). The summed E-state index contributed by atoms with van der Waals surface area (Å²) in [5.74, 6) is -0.409. The van der Waals surface area contributed by atoms with E-state index in [0.717, 1.165) is 4.57 Å². The summed E-state index contributed by atoms with van der Waals surface area (Å²) < 4.78 is 69.1. The number of benzene rings is 1. The zero-order valence-electron chi connectivity index (χ0n) is 23.5. The van der Waals surface area contributed by atoms with Gasteiger partial charge in [0.05, 0.1) is 35.5 Å². The summed E-state index contributed by atoms with van der Waals surface area (Å²) in [5.41, 5.74) is 1.32. The van der Waals surface area contributed by atoms with E-state index in [1.165, 1.54) is 0 Å². The van der Waals surface area contributed by atoms with Crippen LogP contribution in [0.3, 0.4) is 0 Å². The van der Waals surface area contributed by atoms with Crippen LogP contribution in [0.15, 0.2) is 47.2 Å². The molecule has 0 saturated carbocycles. The molecule has 0 spiro atoms. The van der Waals surface area contributed by atoms with E-state index in [4.69, 9.17) is 9.26 Å². The topological polar surface area (TPSA) is 102 Å². The minimum absolute atomic E-state index is 0.0274. The standard InChI is InChI=1S/C28H33F4N7O3/c1-17(41-3)13-38-10-7-18(14-38)27(40)33-12-25-35-26(36-42-25)24-11-19-21(34-22-8-9-37(2)15-20(22)29)5-4-6-23(19)39(24)16-28(30,31)32/h4-7,10-11,14,17,20,22,34H,8-9,12-13,15-16H2,1-3H3,(H,33,40)/t17?,20-,22+/m0/s1. The Morgan fingerprint density at radius 2 is 2.10 bits per heavy atom. The molecule has 10 nitrogen and oxygen atoms in total. The highest BCUT2D eigenvalue weighted by atomic mass is 19.4. The highest BCUT2D eigenvalue weighted by Crippen LogP contribution is 2.35. The Kier molecular flexibility index (Phi) is 8.55. The van der Waals surface area contributed by atoms with E-state index in [1.54, 1.807) is 49.8 Å². The van der Waals surface area contributed by atoms with Crippen molar-refractivity contribution in [3.8, 4) is 11.5 Å². The molecule has 0 bridgehead atoms. The molecule has 226 valence electrons. The lowest BCUT2D eigenvalue weighted by molar-refractivity contribution is -0.139. The number of nitrogens with zero attached hydrogens (tertiary/aromatic N) is 5. The van der Waals surface area contributed by atoms with Gasteiger partial charge in [0.25, 0.3) is 5.91 Å². The van der Waals surface area contributed by atoms with Gasteiger partial charge in [-0.3, -0.25) is 4.79 Å². The Labute approximate surface area is 239 Å².